The number of nitrogens with one attached hydrogen (secondary N) is 1. The van der Waals surface area contributed by atoms with Gasteiger partial charge in [-0.1, -0.05) is 54.1 Å². The number of halogens is 1. The van der Waals surface area contributed by atoms with Gasteiger partial charge in [-0.3, -0.25) is 14.9 Å². The number of furan rings is 1. The van der Waals surface area contributed by atoms with Gasteiger partial charge in [-0.25, -0.2) is 0 Å². The highest BCUT2D eigenvalue weighted by molar-refractivity contribution is 6.30. The van der Waals surface area contributed by atoms with E-state index >= 15 is 0 Å². The summed E-state index contributed by atoms with van der Waals surface area (Å²) in [6, 6.07) is 22.8. The maximum atomic E-state index is 12.8. The van der Waals surface area contributed by atoms with Gasteiger partial charge in [0.1, 0.15) is 11.9 Å². The van der Waals surface area contributed by atoms with E-state index in [1.807, 2.05) is 6.07 Å². The number of hydrogen-bond acceptors (Lipinski definition) is 5. The number of nitro groups is 1. The first-order chi connectivity index (χ1) is 15.4. The Kier molecular flexibility index (Phi) is 6.02. The molecule has 0 fully saturated rings. The molecule has 0 aliphatic carbocycles. The summed E-state index contributed by atoms with van der Waals surface area (Å²) in [6.45, 7) is 0. The molecule has 1 atom stereocenters. The minimum absolute atomic E-state index is 0.0340. The van der Waals surface area contributed by atoms with Crippen molar-refractivity contribution in [1.29, 1.82) is 0 Å². The van der Waals surface area contributed by atoms with Crippen molar-refractivity contribution in [1.82, 2.24) is 0 Å². The lowest BCUT2D eigenvalue weighted by molar-refractivity contribution is -0.384. The molecule has 0 aliphatic heterocycles. The van der Waals surface area contributed by atoms with Gasteiger partial charge in [0.15, 0.2) is 5.76 Å². The fraction of sp³-hybridized carbons (Fsp3) is 0.0417. The second-order valence-corrected chi connectivity index (χ2v) is 7.37. The largest absolute Gasteiger partial charge is 0.451 e. The molecular weight excluding hydrogens is 432 g/mol. The van der Waals surface area contributed by atoms with Crippen LogP contribution in [0, 0.1) is 10.1 Å². The van der Waals surface area contributed by atoms with Crippen LogP contribution in [0.15, 0.2) is 89.3 Å². The number of hydrogen-bond donors (Lipinski definition) is 2. The third kappa shape index (κ3) is 4.39. The van der Waals surface area contributed by atoms with Crippen molar-refractivity contribution in [3.63, 3.8) is 0 Å². The highest BCUT2D eigenvalue weighted by atomic mass is 35.5. The number of amides is 1. The molecule has 1 amide bonds. The molecule has 0 saturated heterocycles. The predicted octanol–water partition coefficient (Wildman–Crippen LogP) is 5.84. The average Bonchev–Trinajstić information content (AvgIpc) is 3.30. The number of rotatable bonds is 6. The summed E-state index contributed by atoms with van der Waals surface area (Å²) >= 11 is 6.12. The van der Waals surface area contributed by atoms with Gasteiger partial charge in [0.2, 0.25) is 0 Å². The fourth-order valence-electron chi connectivity index (χ4n) is 3.32. The minimum atomic E-state index is -1.01. The van der Waals surface area contributed by atoms with Crippen LogP contribution in [0.2, 0.25) is 5.02 Å². The van der Waals surface area contributed by atoms with Crippen LogP contribution in [0.5, 0.6) is 0 Å². The van der Waals surface area contributed by atoms with E-state index in [0.29, 0.717) is 21.8 Å². The molecule has 4 aromatic rings. The smallest absolute Gasteiger partial charge is 0.291 e. The first-order valence-corrected chi connectivity index (χ1v) is 9.99. The number of aliphatic hydroxyl groups excluding tert-OH is 1. The van der Waals surface area contributed by atoms with Crippen molar-refractivity contribution in [2.75, 3.05) is 5.32 Å². The van der Waals surface area contributed by atoms with Crippen LogP contribution < -0.4 is 5.32 Å². The number of anilines is 1. The lowest BCUT2D eigenvalue weighted by atomic mass is 10.00. The number of carbonyl (C=O) groups excluding carboxylic acids is 1. The minimum Gasteiger partial charge on any atom is -0.451 e. The standard InChI is InChI=1S/C24H17ClN2O5/c25-16-10-11-19(18(14-16)23(28)15-6-2-1-3-7-15)26-24(29)22-13-12-21(32-22)17-8-4-5-9-20(17)27(30)31/h1-14,23,28H,(H,26,29)/t23-/m0/s1. The normalized spacial score (nSPS) is 11.7. The van der Waals surface area contributed by atoms with Crippen LogP contribution in [0.3, 0.4) is 0 Å². The Balaban J connectivity index is 1.62. The Morgan fingerprint density at radius 1 is 1.00 bits per heavy atom. The monoisotopic (exact) mass is 448 g/mol. The molecule has 160 valence electrons. The number of aliphatic hydroxyl groups is 1. The number of nitrogens with zero attached hydrogens (tertiary/aromatic N) is 1. The highest BCUT2D eigenvalue weighted by Crippen LogP contribution is 2.33. The summed E-state index contributed by atoms with van der Waals surface area (Å²) in [5.74, 6) is -0.407. The molecule has 0 saturated carbocycles. The van der Waals surface area contributed by atoms with Crippen LogP contribution in [-0.2, 0) is 0 Å². The van der Waals surface area contributed by atoms with Crippen molar-refractivity contribution >= 4 is 28.9 Å². The van der Waals surface area contributed by atoms with Crippen LogP contribution in [0.1, 0.15) is 27.8 Å². The Bertz CT molecular complexity index is 1290. The maximum Gasteiger partial charge on any atom is 0.291 e. The van der Waals surface area contributed by atoms with E-state index < -0.39 is 16.9 Å². The van der Waals surface area contributed by atoms with E-state index in [-0.39, 0.29) is 22.8 Å². The van der Waals surface area contributed by atoms with Crippen LogP contribution in [0.25, 0.3) is 11.3 Å². The molecule has 7 nitrogen and oxygen atoms in total. The van der Waals surface area contributed by atoms with Gasteiger partial charge < -0.3 is 14.8 Å². The lowest BCUT2D eigenvalue weighted by Crippen LogP contribution is -2.14. The number of nitro benzene ring substituents is 1. The molecule has 0 spiro atoms. The second-order valence-electron chi connectivity index (χ2n) is 6.94. The molecule has 0 bridgehead atoms. The predicted molar refractivity (Wildman–Crippen MR) is 121 cm³/mol. The fourth-order valence-corrected chi connectivity index (χ4v) is 3.50. The first kappa shape index (κ1) is 21.3. The first-order valence-electron chi connectivity index (χ1n) is 9.61. The van der Waals surface area contributed by atoms with E-state index in [0.717, 1.165) is 0 Å². The van der Waals surface area contributed by atoms with Crippen LogP contribution in [-0.4, -0.2) is 15.9 Å². The van der Waals surface area contributed by atoms with E-state index in [9.17, 15) is 20.0 Å². The number of benzene rings is 3. The molecule has 4 rings (SSSR count). The molecule has 0 radical (unpaired) electrons. The van der Waals surface area contributed by atoms with Crippen LogP contribution >= 0.6 is 11.6 Å². The van der Waals surface area contributed by atoms with E-state index in [1.165, 1.54) is 18.2 Å². The van der Waals surface area contributed by atoms with Gasteiger partial charge >= 0.3 is 0 Å². The summed E-state index contributed by atoms with van der Waals surface area (Å²) in [5, 5.41) is 25.2. The Morgan fingerprint density at radius 3 is 2.47 bits per heavy atom. The Hall–Kier alpha value is -3.94. The van der Waals surface area contributed by atoms with Gasteiger partial charge in [0, 0.05) is 22.3 Å². The van der Waals surface area contributed by atoms with Crippen molar-refractivity contribution < 1.29 is 19.2 Å². The topological polar surface area (TPSA) is 106 Å². The van der Waals surface area contributed by atoms with Crippen molar-refractivity contribution in [3.8, 4) is 11.3 Å². The lowest BCUT2D eigenvalue weighted by Gasteiger charge is -2.17. The molecule has 32 heavy (non-hydrogen) atoms. The molecular formula is C24H17ClN2O5. The number of carbonyl (C=O) groups is 1. The molecule has 0 aliphatic rings. The second kappa shape index (κ2) is 9.05. The summed E-state index contributed by atoms with van der Waals surface area (Å²) in [6.07, 6.45) is -1.01. The van der Waals surface area contributed by atoms with E-state index in [2.05, 4.69) is 5.32 Å². The molecule has 2 N–H and O–H groups in total. The molecule has 8 heteroatoms. The van der Waals surface area contributed by atoms with Crippen molar-refractivity contribution in [2.45, 2.75) is 6.10 Å². The number of para-hydroxylation sites is 1. The maximum absolute atomic E-state index is 12.8. The zero-order valence-electron chi connectivity index (χ0n) is 16.6. The zero-order chi connectivity index (χ0) is 22.7. The highest BCUT2D eigenvalue weighted by Gasteiger charge is 2.21. The summed E-state index contributed by atoms with van der Waals surface area (Å²) in [7, 11) is 0. The molecule has 3 aromatic carbocycles. The third-order valence-corrected chi connectivity index (χ3v) is 5.10. The van der Waals surface area contributed by atoms with Crippen molar-refractivity contribution in [3.05, 3.63) is 117 Å². The van der Waals surface area contributed by atoms with Crippen molar-refractivity contribution in [2.24, 2.45) is 0 Å². The van der Waals surface area contributed by atoms with Gasteiger partial charge in [-0.05, 0) is 42.0 Å². The SMILES string of the molecule is O=C(Nc1ccc(Cl)cc1[C@@H](O)c1ccccc1)c1ccc(-c2ccccc2[N+](=O)[O-])o1. The van der Waals surface area contributed by atoms with E-state index in [1.54, 1.807) is 60.7 Å². The zero-order valence-corrected chi connectivity index (χ0v) is 17.3. The molecule has 0 unspecified atom stereocenters. The average molecular weight is 449 g/mol. The summed E-state index contributed by atoms with van der Waals surface area (Å²) in [4.78, 5) is 23.6. The van der Waals surface area contributed by atoms with Gasteiger partial charge in [-0.2, -0.15) is 0 Å². The quantitative estimate of drug-likeness (QED) is 0.284. The third-order valence-electron chi connectivity index (χ3n) is 4.87. The molecule has 1 heterocycles. The Morgan fingerprint density at radius 2 is 1.72 bits per heavy atom. The van der Waals surface area contributed by atoms with Crippen LogP contribution in [0.4, 0.5) is 11.4 Å². The van der Waals surface area contributed by atoms with Gasteiger partial charge in [-0.15, -0.1) is 0 Å². The Labute approximate surface area is 188 Å². The van der Waals surface area contributed by atoms with Gasteiger partial charge in [0.25, 0.3) is 11.6 Å². The summed E-state index contributed by atoms with van der Waals surface area (Å²) in [5.41, 5.74) is 1.56. The summed E-state index contributed by atoms with van der Waals surface area (Å²) < 4.78 is 5.60. The van der Waals surface area contributed by atoms with Gasteiger partial charge in [0.05, 0.1) is 10.5 Å². The molecule has 1 aromatic heterocycles. The van der Waals surface area contributed by atoms with E-state index in [4.69, 9.17) is 16.0 Å².